The molecule has 0 saturated carbocycles. The minimum absolute atomic E-state index is 0.0622. The average Bonchev–Trinajstić information content (AvgIpc) is 2.68. The number of anilines is 1. The van der Waals surface area contributed by atoms with Crippen LogP contribution in [0, 0.1) is 11.6 Å². The summed E-state index contributed by atoms with van der Waals surface area (Å²) >= 11 is 0. The normalized spacial score (nSPS) is 15.6. The van der Waals surface area contributed by atoms with E-state index in [9.17, 15) is 18.4 Å². The summed E-state index contributed by atoms with van der Waals surface area (Å²) in [6.07, 6.45) is 0. The fourth-order valence-corrected chi connectivity index (χ4v) is 3.68. The van der Waals surface area contributed by atoms with E-state index in [1.807, 2.05) is 18.0 Å². The molecule has 1 unspecified atom stereocenters. The fourth-order valence-electron chi connectivity index (χ4n) is 3.68. The third-order valence-electron chi connectivity index (χ3n) is 5.19. The number of quaternary nitrogens is 2. The lowest BCUT2D eigenvalue weighted by atomic mass is 10.2. The van der Waals surface area contributed by atoms with Gasteiger partial charge in [0.2, 0.25) is 0 Å². The molecule has 0 bridgehead atoms. The number of piperazine rings is 1. The number of likely N-dealkylation sites (N-methyl/N-ethyl adjacent to an activating group) is 1. The van der Waals surface area contributed by atoms with Crippen LogP contribution in [0.25, 0.3) is 0 Å². The number of hydrogen-bond acceptors (Lipinski definition) is 2. The summed E-state index contributed by atoms with van der Waals surface area (Å²) in [5.74, 6) is -0.772. The summed E-state index contributed by atoms with van der Waals surface area (Å²) < 4.78 is 26.5. The lowest BCUT2D eigenvalue weighted by molar-refractivity contribution is -0.896. The van der Waals surface area contributed by atoms with Crippen LogP contribution in [0.3, 0.4) is 0 Å². The molecule has 160 valence electrons. The molecule has 0 radical (unpaired) electrons. The van der Waals surface area contributed by atoms with Crippen molar-refractivity contribution < 1.29 is 28.2 Å². The molecule has 0 aromatic heterocycles. The third-order valence-corrected chi connectivity index (χ3v) is 5.19. The molecule has 2 aromatic carbocycles. The van der Waals surface area contributed by atoms with Crippen molar-refractivity contribution in [1.82, 2.24) is 4.90 Å². The summed E-state index contributed by atoms with van der Waals surface area (Å²) in [5, 5.41) is 2.71. The van der Waals surface area contributed by atoms with E-state index in [1.54, 1.807) is 18.2 Å². The molecule has 8 heteroatoms. The minimum Gasteiger partial charge on any atom is -0.327 e. The highest BCUT2D eigenvalue weighted by Crippen LogP contribution is 2.08. The second kappa shape index (κ2) is 10.3. The first-order valence-corrected chi connectivity index (χ1v) is 10.1. The number of benzene rings is 2. The Morgan fingerprint density at radius 1 is 1.07 bits per heavy atom. The predicted octanol–water partition coefficient (Wildman–Crippen LogP) is -0.655. The molecule has 1 atom stereocenters. The molecule has 0 spiro atoms. The first-order valence-electron chi connectivity index (χ1n) is 10.1. The highest BCUT2D eigenvalue weighted by molar-refractivity contribution is 5.91. The highest BCUT2D eigenvalue weighted by atomic mass is 19.1. The monoisotopic (exact) mass is 418 g/mol. The Hall–Kier alpha value is -2.84. The second-order valence-corrected chi connectivity index (χ2v) is 7.81. The van der Waals surface area contributed by atoms with Crippen LogP contribution in [-0.2, 0) is 16.1 Å². The van der Waals surface area contributed by atoms with E-state index in [1.165, 1.54) is 24.3 Å². The fraction of sp³-hybridized carbons (Fsp3) is 0.364. The van der Waals surface area contributed by atoms with E-state index in [2.05, 4.69) is 5.32 Å². The van der Waals surface area contributed by atoms with Gasteiger partial charge in [-0.25, -0.2) is 8.78 Å². The average molecular weight is 418 g/mol. The second-order valence-electron chi connectivity index (χ2n) is 7.81. The molecule has 1 aliphatic rings. The van der Waals surface area contributed by atoms with Gasteiger partial charge in [0.25, 0.3) is 11.8 Å². The van der Waals surface area contributed by atoms with Crippen LogP contribution in [0.2, 0.25) is 0 Å². The van der Waals surface area contributed by atoms with Gasteiger partial charge in [-0.1, -0.05) is 18.2 Å². The number of carbonyl (C=O) groups is 2. The van der Waals surface area contributed by atoms with Crippen LogP contribution in [0.1, 0.15) is 5.56 Å². The van der Waals surface area contributed by atoms with E-state index in [0.717, 1.165) is 15.4 Å². The Bertz CT molecular complexity index is 885. The van der Waals surface area contributed by atoms with Gasteiger partial charge >= 0.3 is 0 Å². The largest absolute Gasteiger partial charge is 0.327 e. The molecule has 0 aliphatic carbocycles. The standard InChI is InChI=1S/C22H26F2N4O2/c1-26(14-17-4-2-5-18(23)12-17)16-22(30)28-10-8-27(9-11-28)15-21(29)25-20-7-3-6-19(24)13-20/h2-7,12-13H,8-11,14-16H2,1H3,(H,25,29)/p+2. The number of nitrogens with one attached hydrogen (secondary N) is 3. The summed E-state index contributed by atoms with van der Waals surface area (Å²) in [5.41, 5.74) is 1.30. The topological polar surface area (TPSA) is 58.3 Å². The van der Waals surface area contributed by atoms with Gasteiger partial charge in [-0.05, 0) is 30.3 Å². The van der Waals surface area contributed by atoms with Crippen molar-refractivity contribution in [3.63, 3.8) is 0 Å². The number of carbonyl (C=O) groups excluding carboxylic acids is 2. The summed E-state index contributed by atoms with van der Waals surface area (Å²) in [4.78, 5) is 28.7. The van der Waals surface area contributed by atoms with E-state index < -0.39 is 5.82 Å². The van der Waals surface area contributed by atoms with Gasteiger partial charge in [-0.3, -0.25) is 9.59 Å². The maximum Gasteiger partial charge on any atom is 0.279 e. The Morgan fingerprint density at radius 3 is 2.40 bits per heavy atom. The number of rotatable bonds is 7. The molecule has 3 rings (SSSR count). The van der Waals surface area contributed by atoms with Gasteiger partial charge in [0.05, 0.1) is 33.2 Å². The van der Waals surface area contributed by atoms with Crippen LogP contribution in [0.15, 0.2) is 48.5 Å². The van der Waals surface area contributed by atoms with Gasteiger partial charge in [-0.15, -0.1) is 0 Å². The SMILES string of the molecule is C[NH+](CC(=O)N1CC[NH+](CC(=O)Nc2cccc(F)c2)CC1)Cc1cccc(F)c1. The first-order chi connectivity index (χ1) is 14.4. The first kappa shape index (κ1) is 21.9. The zero-order valence-corrected chi connectivity index (χ0v) is 17.1. The lowest BCUT2D eigenvalue weighted by Crippen LogP contribution is -3.16. The molecule has 6 nitrogen and oxygen atoms in total. The summed E-state index contributed by atoms with van der Waals surface area (Å²) in [6, 6.07) is 12.2. The Kier molecular flexibility index (Phi) is 7.48. The van der Waals surface area contributed by atoms with Gasteiger partial charge in [0.15, 0.2) is 13.1 Å². The van der Waals surface area contributed by atoms with Crippen LogP contribution in [-0.4, -0.2) is 63.0 Å². The lowest BCUT2D eigenvalue weighted by Gasteiger charge is -2.32. The number of halogens is 2. The number of nitrogens with zero attached hydrogens (tertiary/aromatic N) is 1. The molecule has 1 aliphatic heterocycles. The molecule has 2 amide bonds. The minimum atomic E-state index is -0.392. The van der Waals surface area contributed by atoms with E-state index >= 15 is 0 Å². The van der Waals surface area contributed by atoms with Gasteiger partial charge in [0, 0.05) is 11.3 Å². The van der Waals surface area contributed by atoms with Gasteiger partial charge < -0.3 is 20.0 Å². The zero-order chi connectivity index (χ0) is 21.5. The molecular weight excluding hydrogens is 390 g/mol. The van der Waals surface area contributed by atoms with Crippen molar-refractivity contribution in [3.05, 3.63) is 65.7 Å². The van der Waals surface area contributed by atoms with Crippen LogP contribution >= 0.6 is 0 Å². The van der Waals surface area contributed by atoms with E-state index in [0.29, 0.717) is 45.0 Å². The number of amides is 2. The molecular formula is C22H28F2N4O2+2. The maximum atomic E-state index is 13.3. The molecule has 30 heavy (non-hydrogen) atoms. The summed E-state index contributed by atoms with van der Waals surface area (Å²) in [7, 11) is 1.92. The van der Waals surface area contributed by atoms with Crippen molar-refractivity contribution in [3.8, 4) is 0 Å². The Balaban J connectivity index is 1.40. The third kappa shape index (κ3) is 6.60. The highest BCUT2D eigenvalue weighted by Gasteiger charge is 2.26. The predicted molar refractivity (Wildman–Crippen MR) is 109 cm³/mol. The quantitative estimate of drug-likeness (QED) is 0.560. The molecule has 3 N–H and O–H groups in total. The van der Waals surface area contributed by atoms with Gasteiger partial charge in [-0.2, -0.15) is 0 Å². The Morgan fingerprint density at radius 2 is 1.73 bits per heavy atom. The molecule has 1 heterocycles. The van der Waals surface area contributed by atoms with Crippen molar-refractivity contribution >= 4 is 17.5 Å². The van der Waals surface area contributed by atoms with Crippen LogP contribution in [0.4, 0.5) is 14.5 Å². The summed E-state index contributed by atoms with van der Waals surface area (Å²) in [6.45, 7) is 3.75. The molecule has 2 aromatic rings. The van der Waals surface area contributed by atoms with Crippen molar-refractivity contribution in [2.75, 3.05) is 51.6 Å². The van der Waals surface area contributed by atoms with Crippen molar-refractivity contribution in [2.45, 2.75) is 6.54 Å². The van der Waals surface area contributed by atoms with Crippen LogP contribution in [0.5, 0.6) is 0 Å². The van der Waals surface area contributed by atoms with E-state index in [-0.39, 0.29) is 24.2 Å². The van der Waals surface area contributed by atoms with Crippen LogP contribution < -0.4 is 15.1 Å². The zero-order valence-electron chi connectivity index (χ0n) is 17.1. The smallest absolute Gasteiger partial charge is 0.279 e. The van der Waals surface area contributed by atoms with Crippen molar-refractivity contribution in [2.24, 2.45) is 0 Å². The number of hydrogen-bond donors (Lipinski definition) is 3. The Labute approximate surface area is 175 Å². The molecule has 1 fully saturated rings. The maximum absolute atomic E-state index is 13.3. The van der Waals surface area contributed by atoms with Crippen molar-refractivity contribution in [1.29, 1.82) is 0 Å². The molecule has 1 saturated heterocycles. The van der Waals surface area contributed by atoms with Gasteiger partial charge in [0.1, 0.15) is 18.2 Å². The van der Waals surface area contributed by atoms with E-state index in [4.69, 9.17) is 0 Å².